The van der Waals surface area contributed by atoms with Crippen molar-refractivity contribution in [2.24, 2.45) is 5.16 Å². The smallest absolute Gasteiger partial charge is 0.390 e. The molecule has 0 aliphatic carbocycles. The van der Waals surface area contributed by atoms with E-state index in [1.165, 1.54) is 35.2 Å². The topological polar surface area (TPSA) is 41.9 Å². The van der Waals surface area contributed by atoms with Crippen LogP contribution in [0.5, 0.6) is 0 Å². The molecule has 1 aliphatic heterocycles. The van der Waals surface area contributed by atoms with E-state index < -0.39 is 29.6 Å². The summed E-state index contributed by atoms with van der Waals surface area (Å²) < 4.78 is 53.0. The number of hydrogen-bond donors (Lipinski definition) is 0. The van der Waals surface area contributed by atoms with Gasteiger partial charge in [0.1, 0.15) is 5.82 Å². The van der Waals surface area contributed by atoms with E-state index in [4.69, 9.17) is 16.4 Å². The number of oxime groups is 1. The summed E-state index contributed by atoms with van der Waals surface area (Å²) in [4.78, 5) is 20.0. The summed E-state index contributed by atoms with van der Waals surface area (Å²) in [5, 5.41) is 4.68. The molecule has 1 amide bonds. The van der Waals surface area contributed by atoms with Gasteiger partial charge in [0.25, 0.3) is 5.91 Å². The first-order chi connectivity index (χ1) is 16.2. The Morgan fingerprint density at radius 2 is 1.71 bits per heavy atom. The molecule has 0 saturated heterocycles. The first-order valence-electron chi connectivity index (χ1n) is 10.4. The molecular formula is C25H19ClF4N2O2. The number of halogens is 5. The zero-order valence-electron chi connectivity index (χ0n) is 17.7. The number of rotatable bonds is 6. The van der Waals surface area contributed by atoms with Crippen molar-refractivity contribution in [2.45, 2.75) is 25.2 Å². The highest BCUT2D eigenvalue weighted by Crippen LogP contribution is 2.29. The van der Waals surface area contributed by atoms with Crippen LogP contribution in [0.15, 0.2) is 78.0 Å². The van der Waals surface area contributed by atoms with Crippen molar-refractivity contribution in [2.75, 3.05) is 6.54 Å². The predicted molar refractivity (Wildman–Crippen MR) is 120 cm³/mol. The van der Waals surface area contributed by atoms with Gasteiger partial charge in [-0.1, -0.05) is 53.2 Å². The molecule has 1 atom stereocenters. The average molecular weight is 491 g/mol. The van der Waals surface area contributed by atoms with Crippen LogP contribution in [-0.4, -0.2) is 29.2 Å². The summed E-state index contributed by atoms with van der Waals surface area (Å²) in [6.07, 6.45) is -4.57. The van der Waals surface area contributed by atoms with Gasteiger partial charge in [-0.3, -0.25) is 4.79 Å². The fourth-order valence-corrected chi connectivity index (χ4v) is 3.75. The molecule has 0 bridgehead atoms. The van der Waals surface area contributed by atoms with E-state index in [2.05, 4.69) is 5.16 Å². The lowest BCUT2D eigenvalue weighted by atomic mass is 10.0. The van der Waals surface area contributed by atoms with E-state index in [1.54, 1.807) is 30.3 Å². The van der Waals surface area contributed by atoms with Crippen LogP contribution in [0, 0.1) is 5.82 Å². The van der Waals surface area contributed by atoms with Gasteiger partial charge in [0, 0.05) is 18.0 Å². The van der Waals surface area contributed by atoms with Crippen molar-refractivity contribution < 1.29 is 27.2 Å². The van der Waals surface area contributed by atoms with E-state index >= 15 is 0 Å². The molecule has 0 fully saturated rings. The van der Waals surface area contributed by atoms with Gasteiger partial charge in [0.2, 0.25) is 0 Å². The predicted octanol–water partition coefficient (Wildman–Crippen LogP) is 6.33. The number of alkyl halides is 3. The Hall–Kier alpha value is -3.39. The van der Waals surface area contributed by atoms with Crippen LogP contribution in [0.4, 0.5) is 17.6 Å². The van der Waals surface area contributed by atoms with Crippen molar-refractivity contribution >= 4 is 23.2 Å². The molecule has 4 rings (SSSR count). The second-order valence-electron chi connectivity index (χ2n) is 7.84. The Labute approximate surface area is 198 Å². The molecule has 0 unspecified atom stereocenters. The van der Waals surface area contributed by atoms with Crippen molar-refractivity contribution in [1.29, 1.82) is 0 Å². The minimum Gasteiger partial charge on any atom is -0.390 e. The van der Waals surface area contributed by atoms with Gasteiger partial charge in [-0.15, -0.1) is 0 Å². The second kappa shape index (κ2) is 9.85. The first-order valence-corrected chi connectivity index (χ1v) is 10.8. The zero-order valence-corrected chi connectivity index (χ0v) is 18.5. The van der Waals surface area contributed by atoms with E-state index in [0.29, 0.717) is 22.7 Å². The third-order valence-corrected chi connectivity index (χ3v) is 5.63. The van der Waals surface area contributed by atoms with Crippen molar-refractivity contribution in [1.82, 2.24) is 4.90 Å². The van der Waals surface area contributed by atoms with Crippen molar-refractivity contribution in [3.63, 3.8) is 0 Å². The van der Waals surface area contributed by atoms with Crippen molar-refractivity contribution in [3.8, 4) is 0 Å². The second-order valence-corrected chi connectivity index (χ2v) is 8.27. The Morgan fingerprint density at radius 3 is 2.35 bits per heavy atom. The van der Waals surface area contributed by atoms with Crippen LogP contribution in [0.1, 0.15) is 33.5 Å². The number of hydrogen-bond acceptors (Lipinski definition) is 3. The molecule has 4 nitrogen and oxygen atoms in total. The minimum atomic E-state index is -4.46. The fraction of sp³-hybridized carbons (Fsp3) is 0.200. The van der Waals surface area contributed by atoms with Crippen molar-refractivity contribution in [3.05, 3.63) is 106 Å². The zero-order chi connectivity index (χ0) is 24.3. The lowest BCUT2D eigenvalue weighted by Crippen LogP contribution is -2.37. The third-order valence-electron chi connectivity index (χ3n) is 5.38. The highest BCUT2D eigenvalue weighted by molar-refractivity contribution is 6.30. The molecule has 1 heterocycles. The van der Waals surface area contributed by atoms with E-state index in [9.17, 15) is 22.4 Å². The Bertz CT molecular complexity index is 1190. The lowest BCUT2D eigenvalue weighted by molar-refractivity contribution is -0.137. The maximum absolute atomic E-state index is 14.3. The Morgan fingerprint density at radius 1 is 1.03 bits per heavy atom. The third kappa shape index (κ3) is 5.56. The number of amides is 1. The van der Waals surface area contributed by atoms with E-state index in [0.717, 1.165) is 17.7 Å². The van der Waals surface area contributed by atoms with Crippen LogP contribution in [0.25, 0.3) is 0 Å². The number of benzene rings is 3. The van der Waals surface area contributed by atoms with E-state index in [-0.39, 0.29) is 18.7 Å². The maximum atomic E-state index is 14.3. The number of nitrogens with zero attached hydrogens (tertiary/aromatic N) is 2. The summed E-state index contributed by atoms with van der Waals surface area (Å²) in [5.41, 5.74) is 1.04. The van der Waals surface area contributed by atoms with Crippen LogP contribution in [0.3, 0.4) is 0 Å². The molecule has 176 valence electrons. The monoisotopic (exact) mass is 490 g/mol. The minimum absolute atomic E-state index is 0.0263. The largest absolute Gasteiger partial charge is 0.416 e. The molecule has 3 aromatic rings. The summed E-state index contributed by atoms with van der Waals surface area (Å²) in [5.74, 6) is -1.28. The summed E-state index contributed by atoms with van der Waals surface area (Å²) in [7, 11) is 0. The van der Waals surface area contributed by atoms with Gasteiger partial charge in [0.05, 0.1) is 23.4 Å². The molecule has 0 radical (unpaired) electrons. The van der Waals surface area contributed by atoms with Gasteiger partial charge < -0.3 is 9.74 Å². The summed E-state index contributed by atoms with van der Waals surface area (Å²) in [6, 6.07) is 17.1. The van der Waals surface area contributed by atoms with Gasteiger partial charge in [-0.05, 0) is 47.5 Å². The Balaban J connectivity index is 1.53. The van der Waals surface area contributed by atoms with Crippen LogP contribution in [0.2, 0.25) is 5.02 Å². The first kappa shape index (κ1) is 23.8. The molecule has 34 heavy (non-hydrogen) atoms. The summed E-state index contributed by atoms with van der Waals surface area (Å²) in [6.45, 7) is 0.0379. The molecule has 0 aromatic heterocycles. The highest BCUT2D eigenvalue weighted by atomic mass is 35.5. The summed E-state index contributed by atoms with van der Waals surface area (Å²) >= 11 is 5.93. The van der Waals surface area contributed by atoms with Crippen LogP contribution < -0.4 is 0 Å². The Kier molecular flexibility index (Phi) is 6.88. The standard InChI is InChI=1S/C25H19ClF4N2O2/c26-19-11-7-17(8-12-19)23-13-20(34-31-23)15-32(24(33)21-3-1-2-4-22(21)27)14-16-5-9-18(10-6-16)25(28,29)30/h1-12,20H,13-15H2/t20-/m0/s1. The van der Waals surface area contributed by atoms with Gasteiger partial charge in [-0.2, -0.15) is 13.2 Å². The highest BCUT2D eigenvalue weighted by Gasteiger charge is 2.31. The fourth-order valence-electron chi connectivity index (χ4n) is 3.63. The number of carbonyl (C=O) groups is 1. The molecule has 3 aromatic carbocycles. The SMILES string of the molecule is O=C(c1ccccc1F)N(Cc1ccc(C(F)(F)F)cc1)C[C@@H]1CC(c2ccc(Cl)cc2)=NO1. The lowest BCUT2D eigenvalue weighted by Gasteiger charge is -2.25. The molecule has 9 heteroatoms. The molecule has 1 aliphatic rings. The quantitative estimate of drug-likeness (QED) is 0.379. The maximum Gasteiger partial charge on any atom is 0.416 e. The van der Waals surface area contributed by atoms with Crippen LogP contribution >= 0.6 is 11.6 Å². The van der Waals surface area contributed by atoms with Gasteiger partial charge in [0.15, 0.2) is 6.10 Å². The molecular weight excluding hydrogens is 472 g/mol. The number of carbonyl (C=O) groups excluding carboxylic acids is 1. The van der Waals surface area contributed by atoms with Gasteiger partial charge in [-0.25, -0.2) is 4.39 Å². The normalized spacial score (nSPS) is 15.6. The van der Waals surface area contributed by atoms with Gasteiger partial charge >= 0.3 is 6.18 Å². The molecule has 0 saturated carbocycles. The molecule has 0 N–H and O–H groups in total. The van der Waals surface area contributed by atoms with Crippen LogP contribution in [-0.2, 0) is 17.6 Å². The molecule has 0 spiro atoms. The van der Waals surface area contributed by atoms with E-state index in [1.807, 2.05) is 0 Å². The average Bonchev–Trinajstić information content (AvgIpc) is 3.27.